The molecule has 0 saturated heterocycles. The molecular formula is C24H34N2O4S. The molecule has 0 saturated carbocycles. The molecule has 2 aromatic rings. The van der Waals surface area contributed by atoms with Gasteiger partial charge in [0.25, 0.3) is 0 Å². The lowest BCUT2D eigenvalue weighted by Gasteiger charge is -2.28. The first-order valence-electron chi connectivity index (χ1n) is 10.9. The molecule has 0 unspecified atom stereocenters. The minimum atomic E-state index is -4.14. The van der Waals surface area contributed by atoms with E-state index < -0.39 is 10.0 Å². The van der Waals surface area contributed by atoms with Crippen molar-refractivity contribution in [3.05, 3.63) is 48.0 Å². The Kier molecular flexibility index (Phi) is 9.07. The van der Waals surface area contributed by atoms with E-state index in [4.69, 9.17) is 9.88 Å². The maximum atomic E-state index is 12.8. The van der Waals surface area contributed by atoms with Crippen LogP contribution in [0.4, 0.5) is 5.69 Å². The summed E-state index contributed by atoms with van der Waals surface area (Å²) < 4.78 is 31.2. The summed E-state index contributed by atoms with van der Waals surface area (Å²) in [5.41, 5.74) is 0.911. The predicted octanol–water partition coefficient (Wildman–Crippen LogP) is 5.37. The molecule has 0 aliphatic carbocycles. The van der Waals surface area contributed by atoms with Gasteiger partial charge >= 0.3 is 0 Å². The third-order valence-electron chi connectivity index (χ3n) is 5.02. The second kappa shape index (κ2) is 11.3. The van der Waals surface area contributed by atoms with Gasteiger partial charge in [-0.15, -0.1) is 0 Å². The summed E-state index contributed by atoms with van der Waals surface area (Å²) in [5.74, 6) is 0.258. The van der Waals surface area contributed by atoms with Crippen molar-refractivity contribution in [2.45, 2.75) is 58.3 Å². The largest absolute Gasteiger partial charge is 0.454 e. The van der Waals surface area contributed by atoms with Crippen molar-refractivity contribution in [1.29, 1.82) is 0 Å². The summed E-state index contributed by atoms with van der Waals surface area (Å²) in [6, 6.07) is 12.1. The molecule has 31 heavy (non-hydrogen) atoms. The first kappa shape index (κ1) is 24.9. The lowest BCUT2D eigenvalue weighted by molar-refractivity contribution is 0.0939. The van der Waals surface area contributed by atoms with Crippen LogP contribution in [0.25, 0.3) is 0 Å². The molecule has 2 N–H and O–H groups in total. The Morgan fingerprint density at radius 2 is 1.61 bits per heavy atom. The maximum absolute atomic E-state index is 12.8. The molecule has 0 aromatic heterocycles. The number of primary sulfonamides is 1. The summed E-state index contributed by atoms with van der Waals surface area (Å²) >= 11 is 0. The molecule has 0 radical (unpaired) electrons. The molecule has 0 fully saturated rings. The standard InChI is InChI=1S/C24H34N2O4S/c1-5-7-14-26(15-8-6-2)21-16-19(23(27)18(3)4)17-22(31(25,28)29)24(21)30-20-12-10-9-11-13-20/h9-13,16-18H,5-8,14-15H2,1-4H3,(H2,25,28,29). The lowest BCUT2D eigenvalue weighted by atomic mass is 10.00. The van der Waals surface area contributed by atoms with Crippen LogP contribution in [-0.4, -0.2) is 27.3 Å². The number of para-hydroxylation sites is 1. The van der Waals surface area contributed by atoms with E-state index in [1.54, 1.807) is 32.0 Å². The Morgan fingerprint density at radius 1 is 1.03 bits per heavy atom. The van der Waals surface area contributed by atoms with E-state index in [2.05, 4.69) is 18.7 Å². The smallest absolute Gasteiger partial charge is 0.241 e. The Balaban J connectivity index is 2.76. The average Bonchev–Trinajstić information content (AvgIpc) is 2.73. The van der Waals surface area contributed by atoms with Crippen molar-refractivity contribution in [1.82, 2.24) is 0 Å². The summed E-state index contributed by atoms with van der Waals surface area (Å²) in [7, 11) is -4.14. The highest BCUT2D eigenvalue weighted by molar-refractivity contribution is 7.89. The predicted molar refractivity (Wildman–Crippen MR) is 126 cm³/mol. The number of hydrogen-bond donors (Lipinski definition) is 1. The van der Waals surface area contributed by atoms with Crippen LogP contribution in [0.2, 0.25) is 0 Å². The fraction of sp³-hybridized carbons (Fsp3) is 0.458. The van der Waals surface area contributed by atoms with Crippen LogP contribution in [0.15, 0.2) is 47.4 Å². The number of ketones is 1. The monoisotopic (exact) mass is 446 g/mol. The van der Waals surface area contributed by atoms with E-state index >= 15 is 0 Å². The van der Waals surface area contributed by atoms with E-state index in [-0.39, 0.29) is 22.3 Å². The van der Waals surface area contributed by atoms with Crippen LogP contribution in [0.3, 0.4) is 0 Å². The van der Waals surface area contributed by atoms with Gasteiger partial charge in [0.2, 0.25) is 10.0 Å². The van der Waals surface area contributed by atoms with Crippen LogP contribution in [-0.2, 0) is 10.0 Å². The topological polar surface area (TPSA) is 89.7 Å². The summed E-state index contributed by atoms with van der Waals surface area (Å²) in [6.07, 6.45) is 3.84. The van der Waals surface area contributed by atoms with Crippen molar-refractivity contribution in [3.63, 3.8) is 0 Å². The number of nitrogens with zero attached hydrogens (tertiary/aromatic N) is 1. The molecule has 0 aliphatic heterocycles. The van der Waals surface area contributed by atoms with E-state index in [1.165, 1.54) is 6.07 Å². The van der Waals surface area contributed by atoms with Crippen LogP contribution in [0, 0.1) is 5.92 Å². The van der Waals surface area contributed by atoms with Crippen molar-refractivity contribution in [2.24, 2.45) is 11.1 Å². The molecule has 0 atom stereocenters. The zero-order chi connectivity index (χ0) is 23.0. The Labute approximate surface area is 186 Å². The maximum Gasteiger partial charge on any atom is 0.241 e. The quantitative estimate of drug-likeness (QED) is 0.443. The normalized spacial score (nSPS) is 11.5. The number of unbranched alkanes of at least 4 members (excludes halogenated alkanes) is 2. The highest BCUT2D eigenvalue weighted by Gasteiger charge is 2.26. The number of ether oxygens (including phenoxy) is 1. The molecule has 0 heterocycles. The lowest BCUT2D eigenvalue weighted by Crippen LogP contribution is -2.27. The van der Waals surface area contributed by atoms with Crippen LogP contribution < -0.4 is 14.8 Å². The average molecular weight is 447 g/mol. The van der Waals surface area contributed by atoms with Crippen LogP contribution in [0.1, 0.15) is 63.7 Å². The van der Waals surface area contributed by atoms with Crippen molar-refractivity contribution >= 4 is 21.5 Å². The molecule has 0 bridgehead atoms. The Bertz CT molecular complexity index is 965. The second-order valence-electron chi connectivity index (χ2n) is 8.00. The van der Waals surface area contributed by atoms with Crippen LogP contribution >= 0.6 is 0 Å². The summed E-state index contributed by atoms with van der Waals surface area (Å²) in [5, 5.41) is 5.59. The van der Waals surface area contributed by atoms with Crippen molar-refractivity contribution in [2.75, 3.05) is 18.0 Å². The van der Waals surface area contributed by atoms with E-state index in [0.717, 1.165) is 38.8 Å². The second-order valence-corrected chi connectivity index (χ2v) is 9.53. The molecule has 0 aliphatic rings. The number of nitrogens with two attached hydrogens (primary N) is 1. The van der Waals surface area contributed by atoms with Gasteiger partial charge in [0, 0.05) is 24.6 Å². The van der Waals surface area contributed by atoms with Gasteiger partial charge in [-0.25, -0.2) is 13.6 Å². The third-order valence-corrected chi connectivity index (χ3v) is 5.93. The summed E-state index contributed by atoms with van der Waals surface area (Å²) in [4.78, 5) is 14.7. The third kappa shape index (κ3) is 6.80. The van der Waals surface area contributed by atoms with Gasteiger partial charge in [-0.05, 0) is 37.1 Å². The Morgan fingerprint density at radius 3 is 2.10 bits per heavy atom. The fourth-order valence-corrected chi connectivity index (χ4v) is 3.96. The number of benzene rings is 2. The molecule has 0 spiro atoms. The van der Waals surface area contributed by atoms with Crippen molar-refractivity contribution in [3.8, 4) is 11.5 Å². The number of carbonyl (C=O) groups excluding carboxylic acids is 1. The number of sulfonamides is 1. The number of hydrogen-bond acceptors (Lipinski definition) is 5. The van der Waals surface area contributed by atoms with Crippen molar-refractivity contribution < 1.29 is 17.9 Å². The Hall–Kier alpha value is -2.38. The van der Waals surface area contributed by atoms with Gasteiger partial charge in [0.05, 0.1) is 5.69 Å². The van der Waals surface area contributed by atoms with E-state index in [1.807, 2.05) is 18.2 Å². The highest BCUT2D eigenvalue weighted by Crippen LogP contribution is 2.40. The van der Waals surface area contributed by atoms with Gasteiger partial charge in [-0.1, -0.05) is 58.7 Å². The number of rotatable bonds is 12. The molecule has 170 valence electrons. The van der Waals surface area contributed by atoms with Gasteiger partial charge in [0.1, 0.15) is 10.6 Å². The minimum absolute atomic E-state index is 0.136. The molecule has 6 nitrogen and oxygen atoms in total. The number of carbonyl (C=O) groups is 1. The van der Waals surface area contributed by atoms with E-state index in [9.17, 15) is 13.2 Å². The van der Waals surface area contributed by atoms with Gasteiger partial charge in [0.15, 0.2) is 11.5 Å². The molecule has 2 aromatic carbocycles. The van der Waals surface area contributed by atoms with Gasteiger partial charge in [-0.3, -0.25) is 4.79 Å². The first-order chi connectivity index (χ1) is 14.7. The zero-order valence-electron chi connectivity index (χ0n) is 18.9. The molecular weight excluding hydrogens is 412 g/mol. The minimum Gasteiger partial charge on any atom is -0.454 e. The van der Waals surface area contributed by atoms with Crippen LogP contribution in [0.5, 0.6) is 11.5 Å². The van der Waals surface area contributed by atoms with Gasteiger partial charge < -0.3 is 9.64 Å². The van der Waals surface area contributed by atoms with E-state index in [0.29, 0.717) is 17.0 Å². The zero-order valence-corrected chi connectivity index (χ0v) is 19.7. The molecule has 7 heteroatoms. The molecule has 0 amide bonds. The fourth-order valence-electron chi connectivity index (χ4n) is 3.27. The molecule has 2 rings (SSSR count). The summed E-state index contributed by atoms with van der Waals surface area (Å²) in [6.45, 7) is 9.25. The highest BCUT2D eigenvalue weighted by atomic mass is 32.2. The number of anilines is 1. The number of Topliss-reactive ketones (excluding diaryl/α,β-unsaturated/α-hetero) is 1. The first-order valence-corrected chi connectivity index (χ1v) is 12.5. The SMILES string of the molecule is CCCCN(CCCC)c1cc(C(=O)C(C)C)cc(S(N)(=O)=O)c1Oc1ccccc1. The van der Waals surface area contributed by atoms with Gasteiger partial charge in [-0.2, -0.15) is 0 Å².